The smallest absolute Gasteiger partial charge is 0.217 e. The summed E-state index contributed by atoms with van der Waals surface area (Å²) in [5.74, 6) is 0.0519. The van der Waals surface area contributed by atoms with Gasteiger partial charge in [0.25, 0.3) is 0 Å². The van der Waals surface area contributed by atoms with Crippen LogP contribution >= 0.6 is 0 Å². The molecule has 1 unspecified atom stereocenters. The largest absolute Gasteiger partial charge is 0.354 e. The number of allylic oxidation sites excluding steroid dienone is 1. The molecule has 2 heteroatoms. The monoisotopic (exact) mass is 155 g/mol. The molecule has 11 heavy (non-hydrogen) atoms. The van der Waals surface area contributed by atoms with Gasteiger partial charge in [-0.25, -0.2) is 0 Å². The highest BCUT2D eigenvalue weighted by molar-refractivity contribution is 5.73. The van der Waals surface area contributed by atoms with Crippen LogP contribution in [0.15, 0.2) is 12.7 Å². The van der Waals surface area contributed by atoms with E-state index >= 15 is 0 Å². The van der Waals surface area contributed by atoms with Crippen molar-refractivity contribution in [2.45, 2.75) is 39.2 Å². The summed E-state index contributed by atoms with van der Waals surface area (Å²) in [5, 5.41) is 2.83. The maximum atomic E-state index is 10.6. The number of carbonyl (C=O) groups excluding carboxylic acids is 1. The normalized spacial score (nSPS) is 12.2. The zero-order valence-electron chi connectivity index (χ0n) is 7.39. The summed E-state index contributed by atoms with van der Waals surface area (Å²) in [6, 6.07) is 0.299. The van der Waals surface area contributed by atoms with Crippen molar-refractivity contribution in [3.05, 3.63) is 12.7 Å². The molecule has 0 heterocycles. The molecule has 0 aliphatic carbocycles. The highest BCUT2D eigenvalue weighted by Crippen LogP contribution is 1.99. The van der Waals surface area contributed by atoms with Gasteiger partial charge in [-0.1, -0.05) is 6.08 Å². The number of unbranched alkanes of at least 4 members (excludes halogenated alkanes) is 1. The topological polar surface area (TPSA) is 29.1 Å². The first-order chi connectivity index (χ1) is 5.16. The molecular formula is C9H17NO. The van der Waals surface area contributed by atoms with E-state index in [9.17, 15) is 4.79 Å². The summed E-state index contributed by atoms with van der Waals surface area (Å²) in [4.78, 5) is 10.6. The summed E-state index contributed by atoms with van der Waals surface area (Å²) in [5.41, 5.74) is 0. The van der Waals surface area contributed by atoms with Gasteiger partial charge in [0.15, 0.2) is 0 Å². The molecule has 1 atom stereocenters. The molecule has 0 aliphatic rings. The van der Waals surface area contributed by atoms with E-state index in [2.05, 4.69) is 11.9 Å². The molecule has 2 nitrogen and oxygen atoms in total. The summed E-state index contributed by atoms with van der Waals surface area (Å²) in [6.07, 6.45) is 5.07. The molecule has 0 spiro atoms. The van der Waals surface area contributed by atoms with Crippen LogP contribution in [0.5, 0.6) is 0 Å². The minimum atomic E-state index is 0.0519. The third-order valence-corrected chi connectivity index (χ3v) is 1.50. The van der Waals surface area contributed by atoms with Gasteiger partial charge >= 0.3 is 0 Å². The molecule has 0 radical (unpaired) electrons. The Morgan fingerprint density at radius 2 is 2.36 bits per heavy atom. The average Bonchev–Trinajstić information content (AvgIpc) is 1.86. The minimum absolute atomic E-state index is 0.0519. The fourth-order valence-electron chi connectivity index (χ4n) is 0.988. The Morgan fingerprint density at radius 3 is 2.82 bits per heavy atom. The Balaban J connectivity index is 3.28. The SMILES string of the molecule is C=CCCCC(C)NC(C)=O. The van der Waals surface area contributed by atoms with Crippen molar-refractivity contribution in [3.8, 4) is 0 Å². The number of carbonyl (C=O) groups is 1. The van der Waals surface area contributed by atoms with Crippen molar-refractivity contribution in [1.29, 1.82) is 0 Å². The third kappa shape index (κ3) is 7.10. The van der Waals surface area contributed by atoms with E-state index in [0.29, 0.717) is 6.04 Å². The van der Waals surface area contributed by atoms with Gasteiger partial charge in [-0.2, -0.15) is 0 Å². The van der Waals surface area contributed by atoms with Gasteiger partial charge in [-0.15, -0.1) is 6.58 Å². The zero-order valence-corrected chi connectivity index (χ0v) is 7.39. The third-order valence-electron chi connectivity index (χ3n) is 1.50. The van der Waals surface area contributed by atoms with Gasteiger partial charge in [-0.3, -0.25) is 4.79 Å². The van der Waals surface area contributed by atoms with Gasteiger partial charge in [0, 0.05) is 13.0 Å². The first-order valence-corrected chi connectivity index (χ1v) is 4.04. The number of hydrogen-bond acceptors (Lipinski definition) is 1. The van der Waals surface area contributed by atoms with E-state index in [4.69, 9.17) is 0 Å². The van der Waals surface area contributed by atoms with Gasteiger partial charge in [0.2, 0.25) is 5.91 Å². The highest BCUT2D eigenvalue weighted by Gasteiger charge is 2.00. The van der Waals surface area contributed by atoms with E-state index in [1.807, 2.05) is 13.0 Å². The van der Waals surface area contributed by atoms with Crippen molar-refractivity contribution in [1.82, 2.24) is 5.32 Å². The summed E-state index contributed by atoms with van der Waals surface area (Å²) >= 11 is 0. The minimum Gasteiger partial charge on any atom is -0.354 e. The summed E-state index contributed by atoms with van der Waals surface area (Å²) in [6.45, 7) is 7.20. The van der Waals surface area contributed by atoms with Gasteiger partial charge in [0.1, 0.15) is 0 Å². The van der Waals surface area contributed by atoms with Crippen LogP contribution in [-0.4, -0.2) is 11.9 Å². The number of rotatable bonds is 5. The quantitative estimate of drug-likeness (QED) is 0.476. The predicted molar refractivity (Wildman–Crippen MR) is 47.3 cm³/mol. The maximum Gasteiger partial charge on any atom is 0.217 e. The molecule has 0 aromatic heterocycles. The lowest BCUT2D eigenvalue weighted by atomic mass is 10.1. The number of hydrogen-bond donors (Lipinski definition) is 1. The second kappa shape index (κ2) is 5.96. The molecule has 1 N–H and O–H groups in total. The van der Waals surface area contributed by atoms with E-state index in [1.54, 1.807) is 6.92 Å². The molecule has 0 bridgehead atoms. The average molecular weight is 155 g/mol. The molecule has 0 saturated carbocycles. The lowest BCUT2D eigenvalue weighted by Crippen LogP contribution is -2.30. The van der Waals surface area contributed by atoms with Crippen LogP contribution in [0.25, 0.3) is 0 Å². The van der Waals surface area contributed by atoms with Crippen LogP contribution in [0.2, 0.25) is 0 Å². The van der Waals surface area contributed by atoms with Gasteiger partial charge in [-0.05, 0) is 26.2 Å². The fraction of sp³-hybridized carbons (Fsp3) is 0.667. The second-order valence-corrected chi connectivity index (χ2v) is 2.82. The standard InChI is InChI=1S/C9H17NO/c1-4-5-6-7-8(2)10-9(3)11/h4,8H,1,5-7H2,2-3H3,(H,10,11). The van der Waals surface area contributed by atoms with Crippen molar-refractivity contribution >= 4 is 5.91 Å². The van der Waals surface area contributed by atoms with Crippen LogP contribution < -0.4 is 5.32 Å². The lowest BCUT2D eigenvalue weighted by molar-refractivity contribution is -0.119. The van der Waals surface area contributed by atoms with Crippen LogP contribution in [0.1, 0.15) is 33.1 Å². The van der Waals surface area contributed by atoms with Crippen LogP contribution in [-0.2, 0) is 4.79 Å². The van der Waals surface area contributed by atoms with Crippen molar-refractivity contribution in [3.63, 3.8) is 0 Å². The van der Waals surface area contributed by atoms with E-state index < -0.39 is 0 Å². The maximum absolute atomic E-state index is 10.6. The summed E-state index contributed by atoms with van der Waals surface area (Å²) in [7, 11) is 0. The van der Waals surface area contributed by atoms with Crippen molar-refractivity contribution in [2.24, 2.45) is 0 Å². The molecule has 0 aromatic rings. The first-order valence-electron chi connectivity index (χ1n) is 4.04. The Hall–Kier alpha value is -0.790. The van der Waals surface area contributed by atoms with Gasteiger partial charge in [0.05, 0.1) is 0 Å². The Morgan fingerprint density at radius 1 is 1.73 bits per heavy atom. The molecule has 0 aliphatic heterocycles. The second-order valence-electron chi connectivity index (χ2n) is 2.82. The molecule has 0 fully saturated rings. The number of nitrogens with one attached hydrogen (secondary N) is 1. The highest BCUT2D eigenvalue weighted by atomic mass is 16.1. The summed E-state index contributed by atoms with van der Waals surface area (Å²) < 4.78 is 0. The fourth-order valence-corrected chi connectivity index (χ4v) is 0.988. The van der Waals surface area contributed by atoms with Crippen LogP contribution in [0.4, 0.5) is 0 Å². The lowest BCUT2D eigenvalue weighted by Gasteiger charge is -2.10. The molecule has 0 rings (SSSR count). The van der Waals surface area contributed by atoms with Gasteiger partial charge < -0.3 is 5.32 Å². The first kappa shape index (κ1) is 10.2. The van der Waals surface area contributed by atoms with Crippen molar-refractivity contribution < 1.29 is 4.79 Å². The number of amides is 1. The van der Waals surface area contributed by atoms with Crippen LogP contribution in [0, 0.1) is 0 Å². The van der Waals surface area contributed by atoms with Crippen LogP contribution in [0.3, 0.4) is 0 Å². The molecular weight excluding hydrogens is 138 g/mol. The van der Waals surface area contributed by atoms with E-state index in [0.717, 1.165) is 19.3 Å². The Kier molecular flexibility index (Phi) is 5.53. The molecule has 0 saturated heterocycles. The molecule has 64 valence electrons. The Bertz CT molecular complexity index is 132. The zero-order chi connectivity index (χ0) is 8.69. The molecule has 0 aromatic carbocycles. The predicted octanol–water partition coefficient (Wildman–Crippen LogP) is 1.87. The molecule has 1 amide bonds. The van der Waals surface area contributed by atoms with E-state index in [-0.39, 0.29) is 5.91 Å². The van der Waals surface area contributed by atoms with Crippen molar-refractivity contribution in [2.75, 3.05) is 0 Å². The van der Waals surface area contributed by atoms with E-state index in [1.165, 1.54) is 0 Å². The Labute approximate surface area is 68.7 Å².